The fourth-order valence-electron chi connectivity index (χ4n) is 2.87. The molecule has 2 heteroatoms. The zero-order valence-corrected chi connectivity index (χ0v) is 7.54. The van der Waals surface area contributed by atoms with Gasteiger partial charge >= 0.3 is 0 Å². The Kier molecular flexibility index (Phi) is 1.15. The Morgan fingerprint density at radius 3 is 3.17 bits per heavy atom. The fourth-order valence-corrected chi connectivity index (χ4v) is 2.87. The van der Waals surface area contributed by atoms with Crippen LogP contribution in [0.15, 0.2) is 11.6 Å². The number of hydrogen-bond donors (Lipinski definition) is 0. The lowest BCUT2D eigenvalue weighted by molar-refractivity contribution is -0.00697. The highest BCUT2D eigenvalue weighted by Gasteiger charge is 2.58. The molecule has 3 rings (SSSR count). The van der Waals surface area contributed by atoms with Gasteiger partial charge in [0.15, 0.2) is 0 Å². The van der Waals surface area contributed by atoms with Crippen LogP contribution in [0.25, 0.3) is 0 Å². The first-order valence-corrected chi connectivity index (χ1v) is 4.66. The van der Waals surface area contributed by atoms with E-state index >= 15 is 0 Å². The van der Waals surface area contributed by atoms with E-state index in [9.17, 15) is 0 Å². The summed E-state index contributed by atoms with van der Waals surface area (Å²) in [5.41, 5.74) is 1.41. The minimum absolute atomic E-state index is 0.00579. The Bertz CT molecular complexity index is 259. The smallest absolute Gasteiger partial charge is 0.0924 e. The van der Waals surface area contributed by atoms with E-state index in [0.29, 0.717) is 17.9 Å². The molecule has 12 heavy (non-hydrogen) atoms. The second-order valence-electron chi connectivity index (χ2n) is 4.35. The Hall–Kier alpha value is -0.340. The van der Waals surface area contributed by atoms with Crippen LogP contribution in [0.3, 0.4) is 0 Å². The molecule has 2 nitrogen and oxygen atoms in total. The number of ether oxygens (including phenoxy) is 2. The van der Waals surface area contributed by atoms with Crippen molar-refractivity contribution in [1.29, 1.82) is 0 Å². The Morgan fingerprint density at radius 2 is 2.33 bits per heavy atom. The molecule has 4 atom stereocenters. The fraction of sp³-hybridized carbons (Fsp3) is 0.800. The molecular formula is C10H14O2. The number of rotatable bonds is 0. The quantitative estimate of drug-likeness (QED) is 0.506. The van der Waals surface area contributed by atoms with Gasteiger partial charge in [0.25, 0.3) is 0 Å². The van der Waals surface area contributed by atoms with E-state index in [-0.39, 0.29) is 5.60 Å². The van der Waals surface area contributed by atoms with E-state index in [1.54, 1.807) is 0 Å². The molecule has 0 saturated carbocycles. The lowest BCUT2D eigenvalue weighted by Gasteiger charge is -2.28. The molecule has 0 N–H and O–H groups in total. The second kappa shape index (κ2) is 1.94. The van der Waals surface area contributed by atoms with Gasteiger partial charge in [-0.05, 0) is 19.4 Å². The van der Waals surface area contributed by atoms with Crippen molar-refractivity contribution >= 4 is 0 Å². The van der Waals surface area contributed by atoms with E-state index < -0.39 is 0 Å². The van der Waals surface area contributed by atoms with Gasteiger partial charge < -0.3 is 9.47 Å². The van der Waals surface area contributed by atoms with Gasteiger partial charge in [0.05, 0.1) is 24.9 Å². The third-order valence-corrected chi connectivity index (χ3v) is 3.83. The van der Waals surface area contributed by atoms with Crippen LogP contribution in [0.2, 0.25) is 0 Å². The maximum Gasteiger partial charge on any atom is 0.0924 e. The summed E-state index contributed by atoms with van der Waals surface area (Å²) in [6.45, 7) is 6.17. The van der Waals surface area contributed by atoms with Gasteiger partial charge in [-0.15, -0.1) is 0 Å². The topological polar surface area (TPSA) is 18.5 Å². The van der Waals surface area contributed by atoms with Crippen molar-refractivity contribution in [2.24, 2.45) is 11.8 Å². The van der Waals surface area contributed by atoms with Gasteiger partial charge in [-0.25, -0.2) is 0 Å². The highest BCUT2D eigenvalue weighted by Crippen LogP contribution is 2.52. The summed E-state index contributed by atoms with van der Waals surface area (Å²) in [6, 6.07) is 0. The summed E-state index contributed by atoms with van der Waals surface area (Å²) < 4.78 is 11.5. The van der Waals surface area contributed by atoms with Gasteiger partial charge in [0, 0.05) is 11.8 Å². The molecule has 3 heterocycles. The Labute approximate surface area is 72.5 Å². The lowest BCUT2D eigenvalue weighted by atomic mass is 9.75. The zero-order valence-electron chi connectivity index (χ0n) is 7.54. The second-order valence-corrected chi connectivity index (χ2v) is 4.35. The van der Waals surface area contributed by atoms with Crippen LogP contribution in [-0.2, 0) is 9.47 Å². The van der Waals surface area contributed by atoms with Crippen molar-refractivity contribution < 1.29 is 9.47 Å². The van der Waals surface area contributed by atoms with E-state index in [0.717, 1.165) is 13.2 Å². The molecule has 3 aliphatic heterocycles. The van der Waals surface area contributed by atoms with E-state index in [4.69, 9.17) is 9.47 Å². The van der Waals surface area contributed by atoms with Crippen LogP contribution in [0, 0.1) is 11.8 Å². The van der Waals surface area contributed by atoms with Crippen LogP contribution in [-0.4, -0.2) is 24.9 Å². The predicted molar refractivity (Wildman–Crippen MR) is 44.8 cm³/mol. The van der Waals surface area contributed by atoms with Crippen LogP contribution < -0.4 is 0 Å². The highest BCUT2D eigenvalue weighted by atomic mass is 16.5. The average molecular weight is 166 g/mol. The molecule has 0 amide bonds. The first kappa shape index (κ1) is 7.10. The monoisotopic (exact) mass is 166 g/mol. The van der Waals surface area contributed by atoms with Crippen LogP contribution in [0.5, 0.6) is 0 Å². The van der Waals surface area contributed by atoms with E-state index in [1.165, 1.54) is 5.57 Å². The molecule has 3 aliphatic rings. The molecule has 2 fully saturated rings. The Balaban J connectivity index is 2.06. The van der Waals surface area contributed by atoms with Crippen LogP contribution in [0.4, 0.5) is 0 Å². The highest BCUT2D eigenvalue weighted by molar-refractivity contribution is 5.30. The summed E-state index contributed by atoms with van der Waals surface area (Å²) >= 11 is 0. The van der Waals surface area contributed by atoms with Crippen molar-refractivity contribution in [3.63, 3.8) is 0 Å². The summed E-state index contributed by atoms with van der Waals surface area (Å²) in [5.74, 6) is 1.26. The summed E-state index contributed by atoms with van der Waals surface area (Å²) in [5, 5.41) is 0. The molecule has 0 aromatic rings. The molecule has 0 aliphatic carbocycles. The zero-order chi connectivity index (χ0) is 8.34. The summed E-state index contributed by atoms with van der Waals surface area (Å²) in [6.07, 6.45) is 2.62. The minimum atomic E-state index is 0.00579. The van der Waals surface area contributed by atoms with Gasteiger partial charge in [-0.1, -0.05) is 6.08 Å². The van der Waals surface area contributed by atoms with Crippen molar-refractivity contribution in [3.8, 4) is 0 Å². The van der Waals surface area contributed by atoms with Crippen molar-refractivity contribution in [1.82, 2.24) is 0 Å². The average Bonchev–Trinajstić information content (AvgIpc) is 2.60. The third kappa shape index (κ3) is 0.603. The molecular weight excluding hydrogens is 152 g/mol. The molecule has 66 valence electrons. The van der Waals surface area contributed by atoms with Gasteiger partial charge in [-0.2, -0.15) is 0 Å². The SMILES string of the molecule is CC1=C[C@H]2O[C@@]1(C)[C@H]1COC[C@H]21. The maximum absolute atomic E-state index is 5.97. The lowest BCUT2D eigenvalue weighted by Crippen LogP contribution is -2.35. The molecule has 0 aromatic heterocycles. The largest absolute Gasteiger partial charge is 0.381 e. The van der Waals surface area contributed by atoms with E-state index in [1.807, 2.05) is 0 Å². The van der Waals surface area contributed by atoms with Gasteiger partial charge in [0.1, 0.15) is 0 Å². The molecule has 0 radical (unpaired) electrons. The third-order valence-electron chi connectivity index (χ3n) is 3.83. The van der Waals surface area contributed by atoms with E-state index in [2.05, 4.69) is 19.9 Å². The standard InChI is InChI=1S/C10H14O2/c1-6-3-9-7-4-11-5-8(7)10(6,2)12-9/h3,7-9H,4-5H2,1-2H3/t7-,8-,9+,10+/m0/s1. The van der Waals surface area contributed by atoms with Crippen molar-refractivity contribution in [2.75, 3.05) is 13.2 Å². The molecule has 0 spiro atoms. The molecule has 2 saturated heterocycles. The predicted octanol–water partition coefficient (Wildman–Crippen LogP) is 1.37. The van der Waals surface area contributed by atoms with Crippen LogP contribution in [0.1, 0.15) is 13.8 Å². The van der Waals surface area contributed by atoms with Crippen molar-refractivity contribution in [3.05, 3.63) is 11.6 Å². The normalized spacial score (nSPS) is 55.8. The van der Waals surface area contributed by atoms with Crippen molar-refractivity contribution in [2.45, 2.75) is 25.6 Å². The first-order chi connectivity index (χ1) is 5.72. The van der Waals surface area contributed by atoms with Gasteiger partial charge in [-0.3, -0.25) is 0 Å². The first-order valence-electron chi connectivity index (χ1n) is 4.66. The molecule has 0 aromatic carbocycles. The summed E-state index contributed by atoms with van der Waals surface area (Å²) in [4.78, 5) is 0. The summed E-state index contributed by atoms with van der Waals surface area (Å²) in [7, 11) is 0. The maximum atomic E-state index is 5.97. The number of fused-ring (bicyclic) bond motifs is 5. The number of hydrogen-bond acceptors (Lipinski definition) is 2. The minimum Gasteiger partial charge on any atom is -0.381 e. The molecule has 0 unspecified atom stereocenters. The van der Waals surface area contributed by atoms with Gasteiger partial charge in [0.2, 0.25) is 0 Å². The molecule has 2 bridgehead atoms. The Morgan fingerprint density at radius 1 is 1.50 bits per heavy atom. The van der Waals surface area contributed by atoms with Crippen LogP contribution >= 0.6 is 0 Å².